The molecule has 0 spiro atoms. The third-order valence-electron chi connectivity index (χ3n) is 5.53. The standard InChI is InChI=1S/C24H15ClN4O5S3/c25-16-5-2-1-4-14(16)12-36-24-27-26-23(37-24)28-19(13-7-9-15(10-8-13)29(33)34)18(21(31)22(28)32)20(30)17-6-3-11-35-17/h1-11,19,31H,12H2. The molecule has 1 aliphatic rings. The van der Waals surface area contributed by atoms with Crippen LogP contribution in [0.5, 0.6) is 0 Å². The molecule has 1 unspecified atom stereocenters. The normalized spacial score (nSPS) is 15.4. The first-order valence-electron chi connectivity index (χ1n) is 10.6. The molecule has 4 aromatic rings. The van der Waals surface area contributed by atoms with Crippen LogP contribution in [0.2, 0.25) is 5.02 Å². The van der Waals surface area contributed by atoms with Gasteiger partial charge in [-0.2, -0.15) is 0 Å². The summed E-state index contributed by atoms with van der Waals surface area (Å²) in [5, 5.41) is 32.8. The number of hydrogen-bond acceptors (Lipinski definition) is 10. The Morgan fingerprint density at radius 2 is 1.89 bits per heavy atom. The lowest BCUT2D eigenvalue weighted by atomic mass is 9.95. The summed E-state index contributed by atoms with van der Waals surface area (Å²) in [6.07, 6.45) is 0. The number of benzene rings is 2. The van der Waals surface area contributed by atoms with Gasteiger partial charge in [0.15, 0.2) is 10.1 Å². The van der Waals surface area contributed by atoms with E-state index in [1.807, 2.05) is 18.2 Å². The number of thiophene rings is 1. The number of rotatable bonds is 8. The summed E-state index contributed by atoms with van der Waals surface area (Å²) < 4.78 is 0.558. The Labute approximate surface area is 227 Å². The molecule has 2 aromatic heterocycles. The van der Waals surface area contributed by atoms with Gasteiger partial charge >= 0.3 is 0 Å². The van der Waals surface area contributed by atoms with Crippen molar-refractivity contribution in [1.82, 2.24) is 10.2 Å². The monoisotopic (exact) mass is 570 g/mol. The van der Waals surface area contributed by atoms with Crippen LogP contribution in [-0.4, -0.2) is 31.9 Å². The van der Waals surface area contributed by atoms with Gasteiger partial charge in [0, 0.05) is 22.9 Å². The molecule has 3 heterocycles. The van der Waals surface area contributed by atoms with Crippen molar-refractivity contribution in [3.8, 4) is 0 Å². The fraction of sp³-hybridized carbons (Fsp3) is 0.0833. The summed E-state index contributed by atoms with van der Waals surface area (Å²) in [6, 6.07) is 15.1. The number of ketones is 1. The van der Waals surface area contributed by atoms with Gasteiger partial charge in [-0.05, 0) is 40.8 Å². The zero-order chi connectivity index (χ0) is 26.1. The first-order chi connectivity index (χ1) is 17.8. The number of nitro groups is 1. The molecule has 1 N–H and O–H groups in total. The topological polar surface area (TPSA) is 127 Å². The number of thioether (sulfide) groups is 1. The van der Waals surface area contributed by atoms with Crippen molar-refractivity contribution in [3.63, 3.8) is 0 Å². The Morgan fingerprint density at radius 3 is 2.57 bits per heavy atom. The highest BCUT2D eigenvalue weighted by Gasteiger charge is 2.46. The van der Waals surface area contributed by atoms with Crippen molar-refractivity contribution >= 4 is 68.5 Å². The summed E-state index contributed by atoms with van der Waals surface area (Å²) in [4.78, 5) is 38.8. The minimum absolute atomic E-state index is 0.123. The molecule has 0 fully saturated rings. The third-order valence-corrected chi connectivity index (χ3v) is 8.87. The highest BCUT2D eigenvalue weighted by molar-refractivity contribution is 8.00. The number of Topliss-reactive ketones (excluding diaryl/α,β-unsaturated/α-hetero) is 1. The number of non-ortho nitro benzene ring substituents is 1. The predicted molar refractivity (Wildman–Crippen MR) is 143 cm³/mol. The maximum atomic E-state index is 13.4. The number of nitrogens with zero attached hydrogens (tertiary/aromatic N) is 4. The van der Waals surface area contributed by atoms with Crippen LogP contribution in [0.1, 0.15) is 26.8 Å². The zero-order valence-corrected chi connectivity index (χ0v) is 21.8. The van der Waals surface area contributed by atoms with Crippen LogP contribution in [0.4, 0.5) is 10.8 Å². The molecule has 186 valence electrons. The van der Waals surface area contributed by atoms with E-state index in [1.165, 1.54) is 52.3 Å². The highest BCUT2D eigenvalue weighted by atomic mass is 35.5. The number of aromatic nitrogens is 2. The van der Waals surface area contributed by atoms with Gasteiger partial charge in [-0.1, -0.05) is 59.0 Å². The lowest BCUT2D eigenvalue weighted by Gasteiger charge is -2.23. The summed E-state index contributed by atoms with van der Waals surface area (Å²) in [5.74, 6) is -1.48. The van der Waals surface area contributed by atoms with E-state index in [1.54, 1.807) is 23.6 Å². The second-order valence-electron chi connectivity index (χ2n) is 7.73. The molecule has 1 amide bonds. The summed E-state index contributed by atoms with van der Waals surface area (Å²) >= 11 is 9.92. The molecule has 0 aliphatic carbocycles. The number of carbonyl (C=O) groups is 2. The molecule has 0 bridgehead atoms. The van der Waals surface area contributed by atoms with Gasteiger partial charge in [-0.15, -0.1) is 21.5 Å². The summed E-state index contributed by atoms with van der Waals surface area (Å²) in [5.41, 5.74) is 1.05. The number of nitro benzene ring substituents is 1. The number of aliphatic hydroxyl groups excluding tert-OH is 1. The molecule has 13 heteroatoms. The first kappa shape index (κ1) is 25.1. The fourth-order valence-corrected chi connectivity index (χ4v) is 6.61. The van der Waals surface area contributed by atoms with Gasteiger partial charge in [-0.25, -0.2) is 0 Å². The Kier molecular flexibility index (Phi) is 7.07. The number of hydrogen-bond donors (Lipinski definition) is 1. The molecule has 37 heavy (non-hydrogen) atoms. The van der Waals surface area contributed by atoms with Crippen molar-refractivity contribution in [2.24, 2.45) is 0 Å². The maximum absolute atomic E-state index is 13.4. The van der Waals surface area contributed by atoms with Crippen LogP contribution >= 0.6 is 46.0 Å². The fourth-order valence-electron chi connectivity index (χ4n) is 3.78. The molecular weight excluding hydrogens is 556 g/mol. The van der Waals surface area contributed by atoms with Crippen LogP contribution in [-0.2, 0) is 10.5 Å². The molecule has 0 saturated heterocycles. The van der Waals surface area contributed by atoms with Crippen LogP contribution in [0.25, 0.3) is 0 Å². The van der Waals surface area contributed by atoms with E-state index in [9.17, 15) is 24.8 Å². The van der Waals surface area contributed by atoms with Crippen molar-refractivity contribution in [2.45, 2.75) is 16.1 Å². The Hall–Kier alpha value is -3.58. The van der Waals surface area contributed by atoms with Crippen molar-refractivity contribution in [3.05, 3.63) is 109 Å². The van der Waals surface area contributed by atoms with E-state index >= 15 is 0 Å². The number of halogens is 1. The molecule has 0 saturated carbocycles. The molecule has 1 aliphatic heterocycles. The third kappa shape index (κ3) is 4.88. The summed E-state index contributed by atoms with van der Waals surface area (Å²) in [6.45, 7) is 0. The van der Waals surface area contributed by atoms with Crippen molar-refractivity contribution in [1.29, 1.82) is 0 Å². The predicted octanol–water partition coefficient (Wildman–Crippen LogP) is 6.24. The first-order valence-corrected chi connectivity index (χ1v) is 13.7. The van der Waals surface area contributed by atoms with E-state index in [4.69, 9.17) is 11.6 Å². The van der Waals surface area contributed by atoms with E-state index in [0.29, 0.717) is 25.6 Å². The Balaban J connectivity index is 1.50. The quantitative estimate of drug-likeness (QED) is 0.0867. The van der Waals surface area contributed by atoms with E-state index < -0.39 is 28.4 Å². The van der Waals surface area contributed by atoms with Crippen molar-refractivity contribution in [2.75, 3.05) is 4.90 Å². The van der Waals surface area contributed by atoms with Crippen LogP contribution in [0.15, 0.2) is 81.7 Å². The highest BCUT2D eigenvalue weighted by Crippen LogP contribution is 2.44. The average molecular weight is 571 g/mol. The lowest BCUT2D eigenvalue weighted by molar-refractivity contribution is -0.384. The van der Waals surface area contributed by atoms with E-state index in [-0.39, 0.29) is 16.4 Å². The number of anilines is 1. The average Bonchev–Trinajstić information content (AvgIpc) is 3.64. The minimum Gasteiger partial charge on any atom is -0.503 e. The summed E-state index contributed by atoms with van der Waals surface area (Å²) in [7, 11) is 0. The largest absolute Gasteiger partial charge is 0.503 e. The molecule has 5 rings (SSSR count). The molecule has 1 atom stereocenters. The maximum Gasteiger partial charge on any atom is 0.296 e. The lowest BCUT2D eigenvalue weighted by Crippen LogP contribution is -2.31. The van der Waals surface area contributed by atoms with Crippen LogP contribution in [0.3, 0.4) is 0 Å². The second kappa shape index (κ2) is 10.4. The van der Waals surface area contributed by atoms with Gasteiger partial charge in [0.25, 0.3) is 11.6 Å². The van der Waals surface area contributed by atoms with Crippen LogP contribution < -0.4 is 4.90 Å². The van der Waals surface area contributed by atoms with E-state index in [2.05, 4.69) is 10.2 Å². The molecular formula is C24H15ClN4O5S3. The Bertz CT molecular complexity index is 1540. The zero-order valence-electron chi connectivity index (χ0n) is 18.6. The van der Waals surface area contributed by atoms with Crippen LogP contribution in [0, 0.1) is 10.1 Å². The smallest absolute Gasteiger partial charge is 0.296 e. The van der Waals surface area contributed by atoms with Gasteiger partial charge < -0.3 is 5.11 Å². The molecule has 2 aromatic carbocycles. The minimum atomic E-state index is -1.04. The SMILES string of the molecule is O=C(C1=C(O)C(=O)N(c2nnc(SCc3ccccc3Cl)s2)C1c1ccc([N+](=O)[O-])cc1)c1cccs1. The van der Waals surface area contributed by atoms with Crippen molar-refractivity contribution < 1.29 is 19.6 Å². The number of amides is 1. The van der Waals surface area contributed by atoms with Gasteiger partial charge in [0.1, 0.15) is 0 Å². The molecule has 9 nitrogen and oxygen atoms in total. The van der Waals surface area contributed by atoms with Gasteiger partial charge in [0.05, 0.1) is 21.4 Å². The van der Waals surface area contributed by atoms with Gasteiger partial charge in [0.2, 0.25) is 10.9 Å². The number of carbonyl (C=O) groups excluding carboxylic acids is 2. The number of aliphatic hydroxyl groups is 1. The van der Waals surface area contributed by atoms with Gasteiger partial charge in [-0.3, -0.25) is 24.6 Å². The second-order valence-corrected chi connectivity index (χ2v) is 11.3. The molecule has 0 radical (unpaired) electrons. The van der Waals surface area contributed by atoms with E-state index in [0.717, 1.165) is 16.9 Å². The Morgan fingerprint density at radius 1 is 1.14 bits per heavy atom.